The van der Waals surface area contributed by atoms with Crippen LogP contribution in [0.2, 0.25) is 5.02 Å². The summed E-state index contributed by atoms with van der Waals surface area (Å²) in [7, 11) is 0. The number of hydrogen-bond acceptors (Lipinski definition) is 7. The quantitative estimate of drug-likeness (QED) is 0.283. The Bertz CT molecular complexity index is 1330. The lowest BCUT2D eigenvalue weighted by Crippen LogP contribution is -2.32. The van der Waals surface area contributed by atoms with Gasteiger partial charge in [0.2, 0.25) is 5.95 Å². The van der Waals surface area contributed by atoms with Crippen molar-refractivity contribution in [3.8, 4) is 0 Å². The first-order valence-electron chi connectivity index (χ1n) is 12.3. The highest BCUT2D eigenvalue weighted by Crippen LogP contribution is 2.34. The minimum atomic E-state index is 0.430. The van der Waals surface area contributed by atoms with E-state index in [2.05, 4.69) is 78.8 Å². The lowest BCUT2D eigenvalue weighted by molar-refractivity contribution is 0.204. The van der Waals surface area contributed by atoms with Crippen molar-refractivity contribution in [2.24, 2.45) is 0 Å². The molecule has 3 aromatic heterocycles. The number of nitrogens with one attached hydrogen (secondary N) is 3. The number of pyridine rings is 1. The number of aromatic nitrogens is 5. The highest BCUT2D eigenvalue weighted by atomic mass is 35.5. The van der Waals surface area contributed by atoms with Crippen LogP contribution in [0.1, 0.15) is 46.7 Å². The minimum Gasteiger partial charge on any atom is -0.324 e. The smallest absolute Gasteiger partial charge is 0.229 e. The molecular formula is C27H31ClN8. The van der Waals surface area contributed by atoms with Gasteiger partial charge in [-0.25, -0.2) is 4.98 Å². The van der Waals surface area contributed by atoms with Crippen LogP contribution in [0.25, 0.3) is 0 Å². The van der Waals surface area contributed by atoms with Gasteiger partial charge >= 0.3 is 0 Å². The normalized spacial score (nSPS) is 14.7. The summed E-state index contributed by atoms with van der Waals surface area (Å²) in [6, 6.07) is 10.6. The van der Waals surface area contributed by atoms with Crippen LogP contribution in [0.3, 0.4) is 0 Å². The monoisotopic (exact) mass is 502 g/mol. The van der Waals surface area contributed by atoms with E-state index in [-0.39, 0.29) is 0 Å². The first kappa shape index (κ1) is 24.2. The average molecular weight is 503 g/mol. The second kappa shape index (κ2) is 10.6. The molecule has 1 aromatic carbocycles. The van der Waals surface area contributed by atoms with E-state index in [0.717, 1.165) is 31.0 Å². The second-order valence-electron chi connectivity index (χ2n) is 9.51. The number of halogens is 1. The van der Waals surface area contributed by atoms with Gasteiger partial charge in [-0.1, -0.05) is 17.7 Å². The zero-order chi connectivity index (χ0) is 25.1. The van der Waals surface area contributed by atoms with E-state index in [4.69, 9.17) is 11.6 Å². The summed E-state index contributed by atoms with van der Waals surface area (Å²) >= 11 is 6.32. The molecule has 0 amide bonds. The Balaban J connectivity index is 1.25. The van der Waals surface area contributed by atoms with Crippen molar-refractivity contribution < 1.29 is 0 Å². The molecule has 3 N–H and O–H groups in total. The summed E-state index contributed by atoms with van der Waals surface area (Å²) in [4.78, 5) is 15.6. The summed E-state index contributed by atoms with van der Waals surface area (Å²) < 4.78 is 0. The fourth-order valence-electron chi connectivity index (χ4n) is 4.80. The van der Waals surface area contributed by atoms with Gasteiger partial charge < -0.3 is 10.6 Å². The molecule has 0 saturated carbocycles. The molecule has 8 nitrogen and oxygen atoms in total. The number of aryl methyl sites for hydroxylation is 3. The largest absolute Gasteiger partial charge is 0.324 e. The average Bonchev–Trinajstić information content (AvgIpc) is 3.29. The highest BCUT2D eigenvalue weighted by Gasteiger charge is 2.23. The fourth-order valence-corrected chi connectivity index (χ4v) is 4.94. The van der Waals surface area contributed by atoms with Crippen LogP contribution in [-0.4, -0.2) is 43.1 Å². The zero-order valence-electron chi connectivity index (χ0n) is 20.8. The molecule has 4 heterocycles. The SMILES string of the molecule is Cc1cc(Nc2nc(Nc3cc(C)c(C4CCN(Cc5ccncc5)CC4)cc3C)ncc2Cl)n[nH]1. The summed E-state index contributed by atoms with van der Waals surface area (Å²) in [6.07, 6.45) is 7.67. The van der Waals surface area contributed by atoms with E-state index in [1.807, 2.05) is 25.4 Å². The van der Waals surface area contributed by atoms with E-state index >= 15 is 0 Å². The van der Waals surface area contributed by atoms with Gasteiger partial charge in [-0.3, -0.25) is 15.0 Å². The van der Waals surface area contributed by atoms with Crippen LogP contribution < -0.4 is 10.6 Å². The maximum absolute atomic E-state index is 6.32. The van der Waals surface area contributed by atoms with E-state index in [0.29, 0.717) is 28.5 Å². The predicted molar refractivity (Wildman–Crippen MR) is 144 cm³/mol. The molecule has 4 aromatic rings. The number of likely N-dealkylation sites (tertiary alicyclic amines) is 1. The highest BCUT2D eigenvalue weighted by molar-refractivity contribution is 6.32. The van der Waals surface area contributed by atoms with Gasteiger partial charge in [0.1, 0.15) is 5.02 Å². The van der Waals surface area contributed by atoms with Crippen LogP contribution in [0.15, 0.2) is 48.9 Å². The Kier molecular flexibility index (Phi) is 7.16. The van der Waals surface area contributed by atoms with Crippen molar-refractivity contribution in [3.63, 3.8) is 0 Å². The first-order valence-corrected chi connectivity index (χ1v) is 12.6. The third kappa shape index (κ3) is 5.66. The molecule has 0 atom stereocenters. The topological polar surface area (TPSA) is 94.7 Å². The Labute approximate surface area is 216 Å². The Morgan fingerprint density at radius 1 is 1.03 bits per heavy atom. The van der Waals surface area contributed by atoms with Gasteiger partial charge in [0.25, 0.3) is 0 Å². The number of hydrogen-bond donors (Lipinski definition) is 3. The van der Waals surface area contributed by atoms with Gasteiger partial charge in [-0.15, -0.1) is 0 Å². The van der Waals surface area contributed by atoms with E-state index in [9.17, 15) is 0 Å². The van der Waals surface area contributed by atoms with Crippen molar-refractivity contribution in [2.45, 2.75) is 46.1 Å². The van der Waals surface area contributed by atoms with Gasteiger partial charge in [0.15, 0.2) is 11.6 Å². The van der Waals surface area contributed by atoms with E-state index in [1.165, 1.54) is 35.1 Å². The summed E-state index contributed by atoms with van der Waals surface area (Å²) in [5.74, 6) is 2.22. The van der Waals surface area contributed by atoms with Gasteiger partial charge in [-0.05, 0) is 93.1 Å². The standard InChI is InChI=1S/C27H31ClN8/c1-17-13-24(31-27-30-15-23(28)26(33-27)32-25-14-19(3)34-35-25)18(2)12-22(17)21-6-10-36(11-7-21)16-20-4-8-29-9-5-20/h4-5,8-9,12-15,21H,6-7,10-11,16H2,1-3H3,(H3,30,31,32,33,34,35). The fraction of sp³-hybridized carbons (Fsp3) is 0.333. The Morgan fingerprint density at radius 2 is 1.81 bits per heavy atom. The summed E-state index contributed by atoms with van der Waals surface area (Å²) in [5.41, 5.74) is 7.17. The maximum Gasteiger partial charge on any atom is 0.229 e. The number of rotatable bonds is 7. The summed E-state index contributed by atoms with van der Waals surface area (Å²) in [6.45, 7) is 9.47. The molecule has 1 fully saturated rings. The van der Waals surface area contributed by atoms with Crippen LogP contribution in [0.5, 0.6) is 0 Å². The molecule has 9 heteroatoms. The number of nitrogens with zero attached hydrogens (tertiary/aromatic N) is 5. The number of aromatic amines is 1. The first-order chi connectivity index (χ1) is 17.4. The predicted octanol–water partition coefficient (Wildman–Crippen LogP) is 6.04. The lowest BCUT2D eigenvalue weighted by atomic mass is 9.85. The second-order valence-corrected chi connectivity index (χ2v) is 9.91. The lowest BCUT2D eigenvalue weighted by Gasteiger charge is -2.33. The third-order valence-corrected chi connectivity index (χ3v) is 7.02. The molecule has 1 saturated heterocycles. The van der Waals surface area contributed by atoms with Crippen molar-refractivity contribution in [1.29, 1.82) is 0 Å². The van der Waals surface area contributed by atoms with Gasteiger partial charge in [0, 0.05) is 36.4 Å². The molecule has 0 bridgehead atoms. The molecule has 0 radical (unpaired) electrons. The van der Waals surface area contributed by atoms with Crippen LogP contribution in [-0.2, 0) is 6.54 Å². The molecule has 5 rings (SSSR count). The molecule has 36 heavy (non-hydrogen) atoms. The van der Waals surface area contributed by atoms with Gasteiger partial charge in [-0.2, -0.15) is 10.1 Å². The van der Waals surface area contributed by atoms with Crippen molar-refractivity contribution in [1.82, 2.24) is 30.0 Å². The van der Waals surface area contributed by atoms with Crippen molar-refractivity contribution >= 4 is 34.9 Å². The van der Waals surface area contributed by atoms with E-state index < -0.39 is 0 Å². The third-order valence-electron chi connectivity index (χ3n) is 6.74. The minimum absolute atomic E-state index is 0.430. The van der Waals surface area contributed by atoms with Crippen molar-refractivity contribution in [3.05, 3.63) is 81.9 Å². The zero-order valence-corrected chi connectivity index (χ0v) is 21.6. The number of H-pyrrole nitrogens is 1. The number of piperidine rings is 1. The van der Waals surface area contributed by atoms with E-state index in [1.54, 1.807) is 6.20 Å². The Morgan fingerprint density at radius 3 is 2.53 bits per heavy atom. The molecular weight excluding hydrogens is 472 g/mol. The van der Waals surface area contributed by atoms with Gasteiger partial charge in [0.05, 0.1) is 6.20 Å². The summed E-state index contributed by atoms with van der Waals surface area (Å²) in [5, 5.41) is 14.0. The molecule has 0 aliphatic carbocycles. The molecule has 1 aliphatic rings. The Hall–Kier alpha value is -3.49. The maximum atomic E-state index is 6.32. The van der Waals surface area contributed by atoms with Crippen LogP contribution in [0, 0.1) is 20.8 Å². The molecule has 186 valence electrons. The number of benzene rings is 1. The molecule has 0 spiro atoms. The number of anilines is 4. The molecule has 1 aliphatic heterocycles. The molecule has 0 unspecified atom stereocenters. The van der Waals surface area contributed by atoms with Crippen LogP contribution >= 0.6 is 11.6 Å². The van der Waals surface area contributed by atoms with Crippen molar-refractivity contribution in [2.75, 3.05) is 23.7 Å². The van der Waals surface area contributed by atoms with Crippen LogP contribution in [0.4, 0.5) is 23.3 Å².